The lowest BCUT2D eigenvalue weighted by Crippen LogP contribution is -2.40. The molecule has 0 aliphatic carbocycles. The van der Waals surface area contributed by atoms with Crippen molar-refractivity contribution in [3.63, 3.8) is 0 Å². The van der Waals surface area contributed by atoms with Crippen molar-refractivity contribution in [2.24, 2.45) is 11.7 Å². The van der Waals surface area contributed by atoms with Gasteiger partial charge >= 0.3 is 6.09 Å². The first-order chi connectivity index (χ1) is 17.4. The molecule has 2 amide bonds. The summed E-state index contributed by atoms with van der Waals surface area (Å²) in [5.41, 5.74) is 7.20. The van der Waals surface area contributed by atoms with Crippen LogP contribution in [0.4, 0.5) is 20.7 Å². The molecule has 0 radical (unpaired) electrons. The summed E-state index contributed by atoms with van der Waals surface area (Å²) in [6.45, 7) is 1.19. The average Bonchev–Trinajstić information content (AvgIpc) is 3.31. The zero-order chi connectivity index (χ0) is 25.5. The minimum absolute atomic E-state index is 0.0575. The summed E-state index contributed by atoms with van der Waals surface area (Å²) >= 11 is 0. The van der Waals surface area contributed by atoms with E-state index < -0.39 is 5.91 Å². The Balaban J connectivity index is 1.42. The molecule has 1 saturated heterocycles. The van der Waals surface area contributed by atoms with Gasteiger partial charge in [-0.1, -0.05) is 30.3 Å². The van der Waals surface area contributed by atoms with Gasteiger partial charge in [0.25, 0.3) is 5.91 Å². The van der Waals surface area contributed by atoms with Crippen LogP contribution in [0.1, 0.15) is 41.2 Å². The highest BCUT2D eigenvalue weighted by atomic mass is 19.1. The Morgan fingerprint density at radius 1 is 1.17 bits per heavy atom. The molecule has 4 rings (SSSR count). The van der Waals surface area contributed by atoms with Gasteiger partial charge in [-0.25, -0.2) is 9.18 Å². The van der Waals surface area contributed by atoms with Crippen LogP contribution in [0.25, 0.3) is 0 Å². The number of ether oxygens (including phenoxy) is 1. The standard InChI is InChI=1S/C26H27FN6O3/c27-20-6-8-21(9-7-20)30-25-22(24(29)34)16-33(31-25)23(10-13-28)19-11-14-32(15-12-19)26(35)36-17-18-4-2-1-3-5-18/h1-9,16,19,23H,10-12,14-15,17H2,(H2,29,34)(H,30,31). The SMILES string of the molecule is N#CCC(C1CCN(C(=O)OCc2ccccc2)CC1)n1cc(C(N)=O)c(Nc2ccc(F)cc2)n1. The third kappa shape index (κ3) is 5.99. The Bertz CT molecular complexity index is 1230. The van der Waals surface area contributed by atoms with E-state index >= 15 is 0 Å². The van der Waals surface area contributed by atoms with Crippen LogP contribution in [-0.4, -0.2) is 39.8 Å². The fourth-order valence-electron chi connectivity index (χ4n) is 4.35. The number of hydrogen-bond acceptors (Lipinski definition) is 6. The van der Waals surface area contributed by atoms with Crippen LogP contribution in [0.2, 0.25) is 0 Å². The van der Waals surface area contributed by atoms with Gasteiger partial charge in [-0.15, -0.1) is 0 Å². The Hall–Kier alpha value is -4.39. The number of carbonyl (C=O) groups excluding carboxylic acids is 2. The largest absolute Gasteiger partial charge is 0.445 e. The monoisotopic (exact) mass is 490 g/mol. The summed E-state index contributed by atoms with van der Waals surface area (Å²) in [6, 6.07) is 17.0. The van der Waals surface area contributed by atoms with Gasteiger partial charge in [0.2, 0.25) is 0 Å². The maximum absolute atomic E-state index is 13.2. The molecule has 9 nitrogen and oxygen atoms in total. The minimum Gasteiger partial charge on any atom is -0.445 e. The Labute approximate surface area is 208 Å². The third-order valence-electron chi connectivity index (χ3n) is 6.29. The van der Waals surface area contributed by atoms with E-state index in [-0.39, 0.29) is 48.3 Å². The maximum atomic E-state index is 13.2. The first kappa shape index (κ1) is 24.7. The van der Waals surface area contributed by atoms with Gasteiger partial charge in [-0.2, -0.15) is 10.4 Å². The van der Waals surface area contributed by atoms with E-state index in [1.807, 2.05) is 30.3 Å². The lowest BCUT2D eigenvalue weighted by atomic mass is 9.88. The molecule has 1 fully saturated rings. The lowest BCUT2D eigenvalue weighted by Gasteiger charge is -2.34. The topological polar surface area (TPSA) is 126 Å². The van der Waals surface area contributed by atoms with E-state index in [0.29, 0.717) is 31.6 Å². The number of likely N-dealkylation sites (tertiary alicyclic amines) is 1. The predicted molar refractivity (Wildman–Crippen MR) is 131 cm³/mol. The van der Waals surface area contributed by atoms with Gasteiger partial charge in [0.05, 0.1) is 18.5 Å². The molecule has 3 aromatic rings. The van der Waals surface area contributed by atoms with Crippen LogP contribution < -0.4 is 11.1 Å². The van der Waals surface area contributed by atoms with Crippen molar-refractivity contribution in [2.75, 3.05) is 18.4 Å². The number of nitrogens with zero attached hydrogens (tertiary/aromatic N) is 4. The molecule has 3 N–H and O–H groups in total. The number of rotatable bonds is 8. The zero-order valence-electron chi connectivity index (χ0n) is 19.6. The maximum Gasteiger partial charge on any atom is 0.410 e. The summed E-state index contributed by atoms with van der Waals surface area (Å²) in [4.78, 5) is 26.2. The van der Waals surface area contributed by atoms with Crippen LogP contribution >= 0.6 is 0 Å². The second-order valence-electron chi connectivity index (χ2n) is 8.66. The number of hydrogen-bond donors (Lipinski definition) is 2. The second-order valence-corrected chi connectivity index (χ2v) is 8.66. The number of anilines is 2. The van der Waals surface area contributed by atoms with Crippen molar-refractivity contribution in [1.29, 1.82) is 5.26 Å². The molecule has 186 valence electrons. The van der Waals surface area contributed by atoms with E-state index in [4.69, 9.17) is 10.5 Å². The van der Waals surface area contributed by atoms with Gasteiger partial charge in [-0.05, 0) is 48.6 Å². The number of primary amides is 1. The molecule has 1 aromatic heterocycles. The van der Waals surface area contributed by atoms with Gasteiger partial charge in [0.1, 0.15) is 18.0 Å². The van der Waals surface area contributed by atoms with Crippen molar-refractivity contribution in [3.8, 4) is 6.07 Å². The van der Waals surface area contributed by atoms with Crippen molar-refractivity contribution in [1.82, 2.24) is 14.7 Å². The van der Waals surface area contributed by atoms with Crippen LogP contribution in [0.15, 0.2) is 60.8 Å². The summed E-state index contributed by atoms with van der Waals surface area (Å²) < 4.78 is 20.3. The van der Waals surface area contributed by atoms with Gasteiger partial charge in [0.15, 0.2) is 5.82 Å². The first-order valence-electron chi connectivity index (χ1n) is 11.7. The Morgan fingerprint density at radius 3 is 2.50 bits per heavy atom. The highest BCUT2D eigenvalue weighted by Gasteiger charge is 2.31. The lowest BCUT2D eigenvalue weighted by molar-refractivity contribution is 0.0755. The quantitative estimate of drug-likeness (QED) is 0.483. The zero-order valence-corrected chi connectivity index (χ0v) is 19.6. The van der Waals surface area contributed by atoms with Crippen LogP contribution in [0.3, 0.4) is 0 Å². The van der Waals surface area contributed by atoms with Crippen molar-refractivity contribution in [2.45, 2.75) is 31.9 Å². The van der Waals surface area contributed by atoms with Crippen LogP contribution in [0, 0.1) is 23.1 Å². The van der Waals surface area contributed by atoms with Gasteiger partial charge in [-0.3, -0.25) is 9.48 Å². The van der Waals surface area contributed by atoms with E-state index in [2.05, 4.69) is 16.5 Å². The molecule has 1 atom stereocenters. The predicted octanol–water partition coefficient (Wildman–Crippen LogP) is 4.37. The Morgan fingerprint density at radius 2 is 1.86 bits per heavy atom. The molecule has 2 aromatic carbocycles. The summed E-state index contributed by atoms with van der Waals surface area (Å²) in [5.74, 6) is -0.760. The molecule has 1 aliphatic heterocycles. The summed E-state index contributed by atoms with van der Waals surface area (Å²) in [7, 11) is 0. The molecule has 0 spiro atoms. The van der Waals surface area contributed by atoms with Crippen molar-refractivity contribution in [3.05, 3.63) is 77.7 Å². The first-order valence-corrected chi connectivity index (χ1v) is 11.7. The minimum atomic E-state index is -0.669. The number of nitrogens with one attached hydrogen (secondary N) is 1. The molecule has 10 heteroatoms. The molecule has 2 heterocycles. The number of nitriles is 1. The number of nitrogens with two attached hydrogens (primary N) is 1. The number of aromatic nitrogens is 2. The normalized spacial score (nSPS) is 14.6. The van der Waals surface area contributed by atoms with Gasteiger partial charge in [0, 0.05) is 25.0 Å². The molecule has 0 bridgehead atoms. The molecular formula is C26H27FN6O3. The Kier molecular flexibility index (Phi) is 7.80. The number of piperidine rings is 1. The van der Waals surface area contributed by atoms with E-state index in [0.717, 1.165) is 5.56 Å². The van der Waals surface area contributed by atoms with E-state index in [1.165, 1.54) is 30.5 Å². The van der Waals surface area contributed by atoms with Gasteiger partial charge < -0.3 is 20.7 Å². The highest BCUT2D eigenvalue weighted by molar-refractivity contribution is 5.98. The smallest absolute Gasteiger partial charge is 0.410 e. The molecular weight excluding hydrogens is 463 g/mol. The van der Waals surface area contributed by atoms with Crippen LogP contribution in [0.5, 0.6) is 0 Å². The number of carbonyl (C=O) groups is 2. The highest BCUT2D eigenvalue weighted by Crippen LogP contribution is 2.33. The molecule has 36 heavy (non-hydrogen) atoms. The fourth-order valence-corrected chi connectivity index (χ4v) is 4.35. The number of halogens is 1. The molecule has 0 saturated carbocycles. The average molecular weight is 491 g/mol. The van der Waals surface area contributed by atoms with Crippen molar-refractivity contribution >= 4 is 23.5 Å². The molecule has 1 unspecified atom stereocenters. The molecule has 1 aliphatic rings. The summed E-state index contributed by atoms with van der Waals surface area (Å²) in [5, 5.41) is 17.0. The number of amides is 2. The van der Waals surface area contributed by atoms with Crippen LogP contribution in [-0.2, 0) is 11.3 Å². The summed E-state index contributed by atoms with van der Waals surface area (Å²) in [6.07, 6.45) is 2.66. The van der Waals surface area contributed by atoms with E-state index in [1.54, 1.807) is 9.58 Å². The van der Waals surface area contributed by atoms with E-state index in [9.17, 15) is 19.2 Å². The van der Waals surface area contributed by atoms with Crippen molar-refractivity contribution < 1.29 is 18.7 Å². The fraction of sp³-hybridized carbons (Fsp3) is 0.308. The number of benzene rings is 2. The second kappa shape index (κ2) is 11.4. The third-order valence-corrected chi connectivity index (χ3v) is 6.29.